The highest BCUT2D eigenvalue weighted by molar-refractivity contribution is 6.32. The largest absolute Gasteiger partial charge is 0.468 e. The topological polar surface area (TPSA) is 59.3 Å². The van der Waals surface area contributed by atoms with Crippen LogP contribution in [0, 0.1) is 0 Å². The highest BCUT2D eigenvalue weighted by Crippen LogP contribution is 2.33. The summed E-state index contributed by atoms with van der Waals surface area (Å²) >= 11 is 5.83. The minimum atomic E-state index is -0.923. The molecular formula is C13H8ClNO3. The minimum absolute atomic E-state index is 0.277. The van der Waals surface area contributed by atoms with E-state index in [-0.39, 0.29) is 5.78 Å². The molecule has 90 valence electrons. The van der Waals surface area contributed by atoms with Gasteiger partial charge in [0.1, 0.15) is 5.76 Å². The fourth-order valence-corrected chi connectivity index (χ4v) is 2.20. The Labute approximate surface area is 108 Å². The first-order valence-electron chi connectivity index (χ1n) is 5.35. The van der Waals surface area contributed by atoms with Gasteiger partial charge in [-0.1, -0.05) is 11.6 Å². The van der Waals surface area contributed by atoms with Crippen molar-refractivity contribution in [2.45, 2.75) is 5.92 Å². The van der Waals surface area contributed by atoms with Crippen molar-refractivity contribution < 1.29 is 14.0 Å². The molecule has 0 saturated carbocycles. The molecule has 0 aliphatic carbocycles. The molecule has 1 atom stereocenters. The molecule has 1 aliphatic rings. The van der Waals surface area contributed by atoms with Gasteiger partial charge < -0.3 is 9.73 Å². The standard InChI is InChI=1S/C13H8ClNO3/c14-7-3-4-8-9(6-7)15-13(17)11(12(8)16)10-2-1-5-18-10/h1-6,11H,(H,15,17). The molecule has 0 spiro atoms. The number of fused-ring (bicyclic) bond motifs is 1. The summed E-state index contributed by atoms with van der Waals surface area (Å²) in [6.45, 7) is 0. The first-order valence-corrected chi connectivity index (χ1v) is 5.72. The van der Waals surface area contributed by atoms with Crippen LogP contribution < -0.4 is 5.32 Å². The minimum Gasteiger partial charge on any atom is -0.468 e. The zero-order valence-electron chi connectivity index (χ0n) is 9.14. The molecule has 1 aliphatic heterocycles. The van der Waals surface area contributed by atoms with Crippen molar-refractivity contribution in [3.8, 4) is 0 Å². The summed E-state index contributed by atoms with van der Waals surface area (Å²) in [6, 6.07) is 8.05. The third kappa shape index (κ3) is 1.62. The van der Waals surface area contributed by atoms with E-state index >= 15 is 0 Å². The molecule has 3 rings (SSSR count). The van der Waals surface area contributed by atoms with Gasteiger partial charge in [-0.25, -0.2) is 0 Å². The number of benzene rings is 1. The van der Waals surface area contributed by atoms with E-state index in [4.69, 9.17) is 16.0 Å². The Balaban J connectivity index is 2.10. The van der Waals surface area contributed by atoms with Crippen molar-refractivity contribution in [2.75, 3.05) is 5.32 Å². The van der Waals surface area contributed by atoms with Crippen LogP contribution in [0.15, 0.2) is 41.0 Å². The van der Waals surface area contributed by atoms with Gasteiger partial charge in [-0.3, -0.25) is 9.59 Å². The number of halogens is 1. The van der Waals surface area contributed by atoms with Gasteiger partial charge in [-0.05, 0) is 30.3 Å². The van der Waals surface area contributed by atoms with Gasteiger partial charge in [-0.2, -0.15) is 0 Å². The number of hydrogen-bond acceptors (Lipinski definition) is 3. The van der Waals surface area contributed by atoms with Crippen LogP contribution in [0.5, 0.6) is 0 Å². The van der Waals surface area contributed by atoms with Gasteiger partial charge in [0, 0.05) is 10.6 Å². The predicted octanol–water partition coefficient (Wildman–Crippen LogP) is 2.85. The number of carbonyl (C=O) groups is 2. The Kier molecular flexibility index (Phi) is 2.45. The second kappa shape index (κ2) is 3.99. The third-order valence-electron chi connectivity index (χ3n) is 2.86. The number of furan rings is 1. The van der Waals surface area contributed by atoms with Crippen LogP contribution in [-0.4, -0.2) is 11.7 Å². The van der Waals surface area contributed by atoms with Gasteiger partial charge in [-0.15, -0.1) is 0 Å². The average Bonchev–Trinajstić information content (AvgIpc) is 2.82. The third-order valence-corrected chi connectivity index (χ3v) is 3.09. The molecule has 2 aromatic rings. The number of ketones is 1. The normalized spacial score (nSPS) is 18.4. The average molecular weight is 262 g/mol. The monoisotopic (exact) mass is 261 g/mol. The Bertz CT molecular complexity index is 634. The van der Waals surface area contributed by atoms with Crippen molar-refractivity contribution in [1.29, 1.82) is 0 Å². The Hall–Kier alpha value is -2.07. The number of carbonyl (C=O) groups excluding carboxylic acids is 2. The van der Waals surface area contributed by atoms with E-state index in [1.807, 2.05) is 0 Å². The maximum Gasteiger partial charge on any atom is 0.243 e. The van der Waals surface area contributed by atoms with Crippen molar-refractivity contribution in [2.24, 2.45) is 0 Å². The summed E-state index contributed by atoms with van der Waals surface area (Å²) in [5.41, 5.74) is 0.890. The molecule has 4 nitrogen and oxygen atoms in total. The fraction of sp³-hybridized carbons (Fsp3) is 0.0769. The number of rotatable bonds is 1. The lowest BCUT2D eigenvalue weighted by Gasteiger charge is -2.22. The zero-order chi connectivity index (χ0) is 12.7. The SMILES string of the molecule is O=C1Nc2cc(Cl)ccc2C(=O)C1c1ccco1. The van der Waals surface area contributed by atoms with E-state index in [2.05, 4.69) is 5.32 Å². The van der Waals surface area contributed by atoms with E-state index in [1.54, 1.807) is 30.3 Å². The van der Waals surface area contributed by atoms with Crippen LogP contribution in [0.4, 0.5) is 5.69 Å². The quantitative estimate of drug-likeness (QED) is 0.803. The second-order valence-corrected chi connectivity index (χ2v) is 4.43. The van der Waals surface area contributed by atoms with Gasteiger partial charge in [0.25, 0.3) is 0 Å². The fourth-order valence-electron chi connectivity index (χ4n) is 2.03. The van der Waals surface area contributed by atoms with Crippen LogP contribution in [0.3, 0.4) is 0 Å². The van der Waals surface area contributed by atoms with Crippen LogP contribution in [-0.2, 0) is 4.79 Å². The van der Waals surface area contributed by atoms with E-state index < -0.39 is 11.8 Å². The van der Waals surface area contributed by atoms with Crippen LogP contribution in [0.1, 0.15) is 22.0 Å². The van der Waals surface area contributed by atoms with Gasteiger partial charge in [0.15, 0.2) is 11.7 Å². The first kappa shape index (κ1) is 11.0. The summed E-state index contributed by atoms with van der Waals surface area (Å²) in [7, 11) is 0. The number of nitrogens with one attached hydrogen (secondary N) is 1. The second-order valence-electron chi connectivity index (χ2n) is 3.99. The number of Topliss-reactive ketones (excluding diaryl/α,β-unsaturated/α-hetero) is 1. The molecular weight excluding hydrogens is 254 g/mol. The molecule has 0 fully saturated rings. The maximum atomic E-state index is 12.3. The molecule has 2 heterocycles. The van der Waals surface area contributed by atoms with Crippen molar-refractivity contribution in [3.63, 3.8) is 0 Å². The lowest BCUT2D eigenvalue weighted by molar-refractivity contribution is -0.117. The predicted molar refractivity (Wildman–Crippen MR) is 65.9 cm³/mol. The molecule has 0 saturated heterocycles. The van der Waals surface area contributed by atoms with Gasteiger partial charge >= 0.3 is 0 Å². The van der Waals surface area contributed by atoms with Crippen molar-refractivity contribution in [3.05, 3.63) is 52.9 Å². The Morgan fingerprint density at radius 2 is 2.06 bits per heavy atom. The van der Waals surface area contributed by atoms with E-state index in [0.717, 1.165) is 0 Å². The molecule has 1 aromatic heterocycles. The molecule has 1 unspecified atom stereocenters. The molecule has 1 aromatic carbocycles. The first-order chi connectivity index (χ1) is 8.66. The Morgan fingerprint density at radius 3 is 2.78 bits per heavy atom. The van der Waals surface area contributed by atoms with Crippen LogP contribution >= 0.6 is 11.6 Å². The van der Waals surface area contributed by atoms with Crippen LogP contribution in [0.2, 0.25) is 5.02 Å². The van der Waals surface area contributed by atoms with Crippen molar-refractivity contribution >= 4 is 29.0 Å². The van der Waals surface area contributed by atoms with Crippen LogP contribution in [0.25, 0.3) is 0 Å². The smallest absolute Gasteiger partial charge is 0.243 e. The van der Waals surface area contributed by atoms with E-state index in [1.165, 1.54) is 6.26 Å². The molecule has 0 radical (unpaired) electrons. The highest BCUT2D eigenvalue weighted by Gasteiger charge is 2.37. The maximum absolute atomic E-state index is 12.3. The molecule has 1 N–H and O–H groups in total. The number of anilines is 1. The number of amides is 1. The van der Waals surface area contributed by atoms with Gasteiger partial charge in [0.2, 0.25) is 5.91 Å². The Morgan fingerprint density at radius 1 is 1.22 bits per heavy atom. The lowest BCUT2D eigenvalue weighted by atomic mass is 9.90. The van der Waals surface area contributed by atoms with Crippen molar-refractivity contribution in [1.82, 2.24) is 0 Å². The lowest BCUT2D eigenvalue weighted by Crippen LogP contribution is -2.33. The summed E-state index contributed by atoms with van der Waals surface area (Å²) in [5, 5.41) is 3.14. The molecule has 1 amide bonds. The molecule has 18 heavy (non-hydrogen) atoms. The summed E-state index contributed by atoms with van der Waals surface area (Å²) in [4.78, 5) is 24.2. The number of hydrogen-bond donors (Lipinski definition) is 1. The summed E-state index contributed by atoms with van der Waals surface area (Å²) in [5.74, 6) is -1.25. The summed E-state index contributed by atoms with van der Waals surface area (Å²) < 4.78 is 5.14. The van der Waals surface area contributed by atoms with E-state index in [9.17, 15) is 9.59 Å². The van der Waals surface area contributed by atoms with E-state index in [0.29, 0.717) is 22.0 Å². The highest BCUT2D eigenvalue weighted by atomic mass is 35.5. The zero-order valence-corrected chi connectivity index (χ0v) is 9.90. The molecule has 5 heteroatoms. The van der Waals surface area contributed by atoms with Gasteiger partial charge in [0.05, 0.1) is 12.0 Å². The summed E-state index contributed by atoms with van der Waals surface area (Å²) in [6.07, 6.45) is 1.44. The molecule has 0 bridgehead atoms.